The third kappa shape index (κ3) is 4.01. The van der Waals surface area contributed by atoms with Crippen LogP contribution in [0.2, 0.25) is 0 Å². The Hall–Kier alpha value is -0.870. The molecule has 0 fully saturated rings. The first-order valence-electron chi connectivity index (χ1n) is 5.66. The molecule has 0 aliphatic heterocycles. The number of imidazole rings is 1. The molecule has 0 saturated carbocycles. The Balaban J connectivity index is 2.31. The maximum Gasteiger partial charge on any atom is 0.109 e. The van der Waals surface area contributed by atoms with Crippen LogP contribution in [-0.2, 0) is 13.5 Å². The fraction of sp³-hybridized carbons (Fsp3) is 0.727. The molecule has 0 aliphatic rings. The molecule has 1 heterocycles. The maximum absolute atomic E-state index is 5.50. The molecule has 0 atom stereocenters. The molecule has 2 N–H and O–H groups in total. The summed E-state index contributed by atoms with van der Waals surface area (Å²) in [6.45, 7) is 6.22. The van der Waals surface area contributed by atoms with Crippen LogP contribution in [0.4, 0.5) is 0 Å². The molecular weight excluding hydrogens is 188 g/mol. The summed E-state index contributed by atoms with van der Waals surface area (Å²) in [6.07, 6.45) is 5.94. The smallest absolute Gasteiger partial charge is 0.109 e. The van der Waals surface area contributed by atoms with E-state index in [2.05, 4.69) is 21.4 Å². The molecule has 0 unspecified atom stereocenters. The topological polar surface area (TPSA) is 47.1 Å². The molecule has 0 aliphatic carbocycles. The summed E-state index contributed by atoms with van der Waals surface area (Å²) < 4.78 is 2.08. The van der Waals surface area contributed by atoms with Gasteiger partial charge < -0.3 is 15.2 Å². The summed E-state index contributed by atoms with van der Waals surface area (Å²) in [4.78, 5) is 6.73. The van der Waals surface area contributed by atoms with Gasteiger partial charge in [0, 0.05) is 32.4 Å². The average molecular weight is 210 g/mol. The van der Waals surface area contributed by atoms with E-state index in [0.717, 1.165) is 44.8 Å². The van der Waals surface area contributed by atoms with E-state index in [4.69, 9.17) is 5.73 Å². The monoisotopic (exact) mass is 210 g/mol. The van der Waals surface area contributed by atoms with E-state index in [-0.39, 0.29) is 0 Å². The molecule has 0 aromatic carbocycles. The highest BCUT2D eigenvalue weighted by Crippen LogP contribution is 1.98. The van der Waals surface area contributed by atoms with Crippen molar-refractivity contribution in [1.82, 2.24) is 14.5 Å². The molecule has 0 bridgehead atoms. The SMILES string of the molecule is CCN(CCCN)CCc1nccn1C. The van der Waals surface area contributed by atoms with Gasteiger partial charge in [-0.2, -0.15) is 0 Å². The molecular formula is C11H22N4. The molecule has 15 heavy (non-hydrogen) atoms. The van der Waals surface area contributed by atoms with Crippen molar-refractivity contribution >= 4 is 0 Å². The number of aromatic nitrogens is 2. The Morgan fingerprint density at radius 1 is 1.47 bits per heavy atom. The lowest BCUT2D eigenvalue weighted by Gasteiger charge is -2.19. The zero-order valence-electron chi connectivity index (χ0n) is 9.82. The second-order valence-corrected chi connectivity index (χ2v) is 3.78. The van der Waals surface area contributed by atoms with Crippen molar-refractivity contribution in [2.24, 2.45) is 12.8 Å². The first-order valence-corrected chi connectivity index (χ1v) is 5.66. The van der Waals surface area contributed by atoms with Gasteiger partial charge in [0.15, 0.2) is 0 Å². The average Bonchev–Trinajstić information content (AvgIpc) is 2.65. The van der Waals surface area contributed by atoms with Crippen molar-refractivity contribution in [3.63, 3.8) is 0 Å². The minimum absolute atomic E-state index is 0.777. The van der Waals surface area contributed by atoms with E-state index in [1.54, 1.807) is 0 Å². The van der Waals surface area contributed by atoms with E-state index >= 15 is 0 Å². The van der Waals surface area contributed by atoms with Gasteiger partial charge in [-0.3, -0.25) is 0 Å². The summed E-state index contributed by atoms with van der Waals surface area (Å²) in [5, 5.41) is 0. The van der Waals surface area contributed by atoms with Crippen LogP contribution in [0.15, 0.2) is 12.4 Å². The zero-order valence-corrected chi connectivity index (χ0v) is 9.82. The van der Waals surface area contributed by atoms with Crippen molar-refractivity contribution in [3.05, 3.63) is 18.2 Å². The van der Waals surface area contributed by atoms with Crippen LogP contribution in [-0.4, -0.2) is 40.6 Å². The molecule has 4 nitrogen and oxygen atoms in total. The lowest BCUT2D eigenvalue weighted by atomic mass is 10.3. The fourth-order valence-electron chi connectivity index (χ4n) is 1.64. The van der Waals surface area contributed by atoms with Crippen molar-refractivity contribution in [1.29, 1.82) is 0 Å². The zero-order chi connectivity index (χ0) is 11.1. The number of likely N-dealkylation sites (N-methyl/N-ethyl adjacent to an activating group) is 1. The van der Waals surface area contributed by atoms with E-state index in [9.17, 15) is 0 Å². The highest BCUT2D eigenvalue weighted by molar-refractivity contribution is 4.91. The highest BCUT2D eigenvalue weighted by Gasteiger charge is 2.04. The number of nitrogens with two attached hydrogens (primary N) is 1. The second kappa shape index (κ2) is 6.58. The van der Waals surface area contributed by atoms with Crippen molar-refractivity contribution < 1.29 is 0 Å². The lowest BCUT2D eigenvalue weighted by Crippen LogP contribution is -2.28. The predicted octanol–water partition coefficient (Wildman–Crippen LogP) is 0.633. The molecule has 4 heteroatoms. The molecule has 0 spiro atoms. The van der Waals surface area contributed by atoms with Crippen LogP contribution in [0.3, 0.4) is 0 Å². The molecule has 0 amide bonds. The Labute approximate surface area is 92.1 Å². The van der Waals surface area contributed by atoms with Crippen LogP contribution in [0.5, 0.6) is 0 Å². The second-order valence-electron chi connectivity index (χ2n) is 3.78. The van der Waals surface area contributed by atoms with Gasteiger partial charge >= 0.3 is 0 Å². The quantitative estimate of drug-likeness (QED) is 0.718. The number of hydrogen-bond donors (Lipinski definition) is 1. The largest absolute Gasteiger partial charge is 0.338 e. The molecule has 1 aromatic heterocycles. The van der Waals surface area contributed by atoms with Gasteiger partial charge in [-0.25, -0.2) is 4.98 Å². The minimum atomic E-state index is 0.777. The van der Waals surface area contributed by atoms with Crippen LogP contribution in [0.1, 0.15) is 19.2 Å². The Kier molecular flexibility index (Phi) is 5.36. The first kappa shape index (κ1) is 12.2. The molecule has 1 aromatic rings. The van der Waals surface area contributed by atoms with Gasteiger partial charge in [0.1, 0.15) is 5.82 Å². The van der Waals surface area contributed by atoms with Gasteiger partial charge in [-0.15, -0.1) is 0 Å². The summed E-state index contributed by atoms with van der Waals surface area (Å²) in [5.41, 5.74) is 5.50. The summed E-state index contributed by atoms with van der Waals surface area (Å²) in [5.74, 6) is 1.15. The van der Waals surface area contributed by atoms with E-state index in [0.29, 0.717) is 0 Å². The fourth-order valence-corrected chi connectivity index (χ4v) is 1.64. The van der Waals surface area contributed by atoms with Crippen molar-refractivity contribution in [2.45, 2.75) is 19.8 Å². The van der Waals surface area contributed by atoms with E-state index in [1.165, 1.54) is 0 Å². The van der Waals surface area contributed by atoms with Gasteiger partial charge in [0.25, 0.3) is 0 Å². The maximum atomic E-state index is 5.50. The number of rotatable bonds is 7. The summed E-state index contributed by atoms with van der Waals surface area (Å²) in [6, 6.07) is 0. The standard InChI is InChI=1S/C11H22N4/c1-3-15(8-4-6-12)9-5-11-13-7-10-14(11)2/h7,10H,3-6,8-9,12H2,1-2H3. The minimum Gasteiger partial charge on any atom is -0.338 e. The van der Waals surface area contributed by atoms with Crippen LogP contribution in [0.25, 0.3) is 0 Å². The lowest BCUT2D eigenvalue weighted by molar-refractivity contribution is 0.287. The van der Waals surface area contributed by atoms with Gasteiger partial charge in [-0.1, -0.05) is 6.92 Å². The van der Waals surface area contributed by atoms with Gasteiger partial charge in [0.2, 0.25) is 0 Å². The van der Waals surface area contributed by atoms with Crippen molar-refractivity contribution in [3.8, 4) is 0 Å². The van der Waals surface area contributed by atoms with Gasteiger partial charge in [-0.05, 0) is 26.1 Å². The molecule has 0 radical (unpaired) electrons. The third-order valence-electron chi connectivity index (χ3n) is 2.70. The predicted molar refractivity (Wildman–Crippen MR) is 62.7 cm³/mol. The summed E-state index contributed by atoms with van der Waals surface area (Å²) in [7, 11) is 2.04. The first-order chi connectivity index (χ1) is 7.27. The van der Waals surface area contributed by atoms with E-state index < -0.39 is 0 Å². The van der Waals surface area contributed by atoms with Gasteiger partial charge in [0.05, 0.1) is 0 Å². The third-order valence-corrected chi connectivity index (χ3v) is 2.70. The molecule has 86 valence electrons. The van der Waals surface area contributed by atoms with E-state index in [1.807, 2.05) is 19.4 Å². The van der Waals surface area contributed by atoms with Crippen molar-refractivity contribution in [2.75, 3.05) is 26.2 Å². The Morgan fingerprint density at radius 3 is 2.80 bits per heavy atom. The Morgan fingerprint density at radius 2 is 2.27 bits per heavy atom. The van der Waals surface area contributed by atoms with Crippen LogP contribution >= 0.6 is 0 Å². The number of nitrogens with zero attached hydrogens (tertiary/aromatic N) is 3. The molecule has 0 saturated heterocycles. The Bertz CT molecular complexity index is 269. The number of aryl methyl sites for hydroxylation is 1. The highest BCUT2D eigenvalue weighted by atomic mass is 15.1. The van der Waals surface area contributed by atoms with Crippen LogP contribution < -0.4 is 5.73 Å². The molecule has 1 rings (SSSR count). The normalized spacial score (nSPS) is 11.2. The number of hydrogen-bond acceptors (Lipinski definition) is 3. The summed E-state index contributed by atoms with van der Waals surface area (Å²) >= 11 is 0. The van der Waals surface area contributed by atoms with Crippen LogP contribution in [0, 0.1) is 0 Å².